The molecule has 0 radical (unpaired) electrons. The predicted molar refractivity (Wildman–Crippen MR) is 43.3 cm³/mol. The fraction of sp³-hybridized carbons (Fsp3) is 0.333. The molecule has 0 bridgehead atoms. The number of halogens is 1. The topological polar surface area (TPSA) is 9.23 Å². The summed E-state index contributed by atoms with van der Waals surface area (Å²) >= 11 is 5.00. The second-order valence-electron chi connectivity index (χ2n) is 1.73. The molecule has 0 saturated heterocycles. The largest absolute Gasteiger partial charge is 0.487 e. The Kier molecular flexibility index (Phi) is 2.13. The minimum atomic E-state index is 0.958. The maximum atomic E-state index is 5.00. The molecule has 0 unspecified atom stereocenters. The zero-order valence-electron chi connectivity index (χ0n) is 5.27. The summed E-state index contributed by atoms with van der Waals surface area (Å²) in [4.78, 5) is 0. The maximum absolute atomic E-state index is 5.00. The van der Waals surface area contributed by atoms with Crippen LogP contribution in [0.1, 0.15) is 5.56 Å². The number of thiophene rings is 1. The number of hydrogen-bond acceptors (Lipinski definition) is 2. The van der Waals surface area contributed by atoms with Gasteiger partial charge in [-0.05, 0) is 34.5 Å². The molecule has 1 aromatic heterocycles. The van der Waals surface area contributed by atoms with Gasteiger partial charge in [-0.2, -0.15) is 0 Å². The monoisotopic (exact) mass is 206 g/mol. The number of ether oxygens (including phenoxy) is 1. The van der Waals surface area contributed by atoms with Crippen LogP contribution in [0.5, 0.6) is 5.06 Å². The van der Waals surface area contributed by atoms with Crippen LogP contribution >= 0.6 is 27.3 Å². The van der Waals surface area contributed by atoms with Gasteiger partial charge in [0.2, 0.25) is 0 Å². The van der Waals surface area contributed by atoms with E-state index in [9.17, 15) is 0 Å². The van der Waals surface area contributed by atoms with Crippen molar-refractivity contribution < 1.29 is 4.74 Å². The molecular weight excluding hydrogens is 200 g/mol. The highest BCUT2D eigenvalue weighted by Gasteiger charge is 2.00. The first-order valence-corrected chi connectivity index (χ1v) is 4.15. The van der Waals surface area contributed by atoms with E-state index >= 15 is 0 Å². The van der Waals surface area contributed by atoms with E-state index in [4.69, 9.17) is 4.74 Å². The number of hydrogen-bond donors (Lipinski definition) is 0. The van der Waals surface area contributed by atoms with Gasteiger partial charge in [-0.25, -0.2) is 0 Å². The molecule has 0 amide bonds. The van der Waals surface area contributed by atoms with E-state index in [-0.39, 0.29) is 0 Å². The summed E-state index contributed by atoms with van der Waals surface area (Å²) < 4.78 is 6.16. The van der Waals surface area contributed by atoms with E-state index in [1.807, 2.05) is 13.0 Å². The van der Waals surface area contributed by atoms with Gasteiger partial charge in [-0.1, -0.05) is 11.3 Å². The lowest BCUT2D eigenvalue weighted by Gasteiger charge is -1.87. The SMILES string of the molecule is COc1cc(C)c(Br)s1. The highest BCUT2D eigenvalue weighted by Crippen LogP contribution is 2.32. The first-order chi connectivity index (χ1) is 4.24. The third-order valence-corrected chi connectivity index (χ3v) is 3.13. The quantitative estimate of drug-likeness (QED) is 0.687. The predicted octanol–water partition coefficient (Wildman–Crippen LogP) is 2.83. The Morgan fingerprint density at radius 1 is 1.67 bits per heavy atom. The number of rotatable bonds is 1. The van der Waals surface area contributed by atoms with Crippen molar-refractivity contribution in [1.29, 1.82) is 0 Å². The lowest BCUT2D eigenvalue weighted by molar-refractivity contribution is 0.427. The van der Waals surface area contributed by atoms with Gasteiger partial charge in [0.15, 0.2) is 5.06 Å². The third-order valence-electron chi connectivity index (χ3n) is 1.04. The molecule has 1 aromatic rings. The molecule has 0 aliphatic heterocycles. The summed E-state index contributed by atoms with van der Waals surface area (Å²) in [6.07, 6.45) is 0. The summed E-state index contributed by atoms with van der Waals surface area (Å²) in [5.41, 5.74) is 1.23. The van der Waals surface area contributed by atoms with Crippen LogP contribution in [0.3, 0.4) is 0 Å². The fourth-order valence-corrected chi connectivity index (χ4v) is 1.84. The molecule has 0 saturated carbocycles. The summed E-state index contributed by atoms with van der Waals surface area (Å²) in [5.74, 6) is 0. The number of aryl methyl sites for hydroxylation is 1. The summed E-state index contributed by atoms with van der Waals surface area (Å²) in [6.45, 7) is 2.04. The Labute approximate surface area is 66.8 Å². The average Bonchev–Trinajstić information content (AvgIpc) is 2.13. The van der Waals surface area contributed by atoms with Crippen LogP contribution in [0, 0.1) is 6.92 Å². The van der Waals surface area contributed by atoms with E-state index < -0.39 is 0 Å². The molecule has 1 heterocycles. The van der Waals surface area contributed by atoms with Crippen molar-refractivity contribution in [3.8, 4) is 5.06 Å². The molecule has 0 aliphatic rings. The van der Waals surface area contributed by atoms with Crippen LogP contribution in [0.4, 0.5) is 0 Å². The van der Waals surface area contributed by atoms with Gasteiger partial charge >= 0.3 is 0 Å². The van der Waals surface area contributed by atoms with Crippen LogP contribution in [0.2, 0.25) is 0 Å². The molecule has 0 spiro atoms. The van der Waals surface area contributed by atoms with Crippen LogP contribution in [-0.4, -0.2) is 7.11 Å². The van der Waals surface area contributed by atoms with Crippen molar-refractivity contribution in [1.82, 2.24) is 0 Å². The van der Waals surface area contributed by atoms with E-state index in [0.29, 0.717) is 0 Å². The van der Waals surface area contributed by atoms with Gasteiger partial charge in [0.25, 0.3) is 0 Å². The summed E-state index contributed by atoms with van der Waals surface area (Å²) in [6, 6.07) is 2.01. The van der Waals surface area contributed by atoms with Gasteiger partial charge in [0.05, 0.1) is 10.9 Å². The summed E-state index contributed by atoms with van der Waals surface area (Å²) in [7, 11) is 1.68. The highest BCUT2D eigenvalue weighted by molar-refractivity contribution is 9.11. The smallest absolute Gasteiger partial charge is 0.174 e. The molecule has 3 heteroatoms. The van der Waals surface area contributed by atoms with Crippen LogP contribution in [-0.2, 0) is 0 Å². The first kappa shape index (κ1) is 7.09. The lowest BCUT2D eigenvalue weighted by Crippen LogP contribution is -1.73. The molecule has 1 nitrogen and oxygen atoms in total. The third kappa shape index (κ3) is 1.46. The zero-order chi connectivity index (χ0) is 6.85. The van der Waals surface area contributed by atoms with Gasteiger partial charge in [-0.15, -0.1) is 0 Å². The highest BCUT2D eigenvalue weighted by atomic mass is 79.9. The van der Waals surface area contributed by atoms with Crippen LogP contribution in [0.15, 0.2) is 9.85 Å². The van der Waals surface area contributed by atoms with E-state index in [1.54, 1.807) is 18.4 Å². The standard InChI is InChI=1S/C6H7BrOS/c1-4-3-5(8-2)9-6(4)7/h3H,1-2H3. The van der Waals surface area contributed by atoms with Gasteiger partial charge < -0.3 is 4.74 Å². The second kappa shape index (κ2) is 2.71. The van der Waals surface area contributed by atoms with Gasteiger partial charge in [0, 0.05) is 0 Å². The van der Waals surface area contributed by atoms with Crippen molar-refractivity contribution in [2.45, 2.75) is 6.92 Å². The van der Waals surface area contributed by atoms with Gasteiger partial charge in [-0.3, -0.25) is 0 Å². The van der Waals surface area contributed by atoms with Crippen molar-refractivity contribution in [3.05, 3.63) is 15.4 Å². The molecular formula is C6H7BrOS. The average molecular weight is 207 g/mol. The van der Waals surface area contributed by atoms with Crippen molar-refractivity contribution in [2.24, 2.45) is 0 Å². The van der Waals surface area contributed by atoms with Crippen LogP contribution < -0.4 is 4.74 Å². The Bertz CT molecular complexity index is 187. The van der Waals surface area contributed by atoms with Crippen molar-refractivity contribution in [3.63, 3.8) is 0 Å². The van der Waals surface area contributed by atoms with E-state index in [2.05, 4.69) is 15.9 Å². The molecule has 0 fully saturated rings. The molecule has 50 valence electrons. The molecule has 0 N–H and O–H groups in total. The molecule has 0 aromatic carbocycles. The molecule has 0 aliphatic carbocycles. The first-order valence-electron chi connectivity index (χ1n) is 2.54. The minimum absolute atomic E-state index is 0.958. The fourth-order valence-electron chi connectivity index (χ4n) is 0.532. The van der Waals surface area contributed by atoms with Gasteiger partial charge in [0.1, 0.15) is 0 Å². The van der Waals surface area contributed by atoms with Crippen molar-refractivity contribution >= 4 is 27.3 Å². The van der Waals surface area contributed by atoms with Crippen LogP contribution in [0.25, 0.3) is 0 Å². The van der Waals surface area contributed by atoms with Crippen molar-refractivity contribution in [2.75, 3.05) is 7.11 Å². The Balaban J connectivity index is 2.98. The summed E-state index contributed by atoms with van der Waals surface area (Å²) in [5, 5.41) is 0.958. The lowest BCUT2D eigenvalue weighted by atomic mass is 10.4. The number of methoxy groups -OCH3 is 1. The normalized spacial score (nSPS) is 9.67. The Hall–Kier alpha value is -0.0200. The molecule has 9 heavy (non-hydrogen) atoms. The second-order valence-corrected chi connectivity index (χ2v) is 4.06. The molecule has 0 atom stereocenters. The Morgan fingerprint density at radius 2 is 2.33 bits per heavy atom. The minimum Gasteiger partial charge on any atom is -0.487 e. The van der Waals surface area contributed by atoms with E-state index in [1.165, 1.54) is 5.56 Å². The maximum Gasteiger partial charge on any atom is 0.174 e. The van der Waals surface area contributed by atoms with E-state index in [0.717, 1.165) is 8.85 Å². The zero-order valence-corrected chi connectivity index (χ0v) is 7.67. The molecule has 1 rings (SSSR count). The Morgan fingerprint density at radius 3 is 2.56 bits per heavy atom.